The molecule has 0 aliphatic carbocycles. The lowest BCUT2D eigenvalue weighted by Gasteiger charge is -2.19. The number of carbonyl (C=O) groups is 1. The van der Waals surface area contributed by atoms with Gasteiger partial charge in [-0.1, -0.05) is 0 Å². The number of carbonyl (C=O) groups excluding carboxylic acids is 1. The average molecular weight is 276 g/mol. The van der Waals surface area contributed by atoms with Gasteiger partial charge in [0, 0.05) is 27.2 Å². The summed E-state index contributed by atoms with van der Waals surface area (Å²) in [5, 5.41) is 2.03. The molecule has 6 heteroatoms. The van der Waals surface area contributed by atoms with E-state index in [1.165, 1.54) is 0 Å². The van der Waals surface area contributed by atoms with Gasteiger partial charge in [0.2, 0.25) is 5.91 Å². The Labute approximate surface area is 115 Å². The fourth-order valence-electron chi connectivity index (χ4n) is 2.52. The first kappa shape index (κ1) is 12.3. The summed E-state index contributed by atoms with van der Waals surface area (Å²) in [5.74, 6) is 1.26. The molecule has 0 radical (unpaired) electrons. The van der Waals surface area contributed by atoms with Crippen molar-refractivity contribution in [3.05, 3.63) is 17.8 Å². The van der Waals surface area contributed by atoms with E-state index in [2.05, 4.69) is 14.9 Å². The van der Waals surface area contributed by atoms with Gasteiger partial charge in [-0.25, -0.2) is 9.97 Å². The van der Waals surface area contributed by atoms with Gasteiger partial charge in [0.25, 0.3) is 0 Å². The first-order chi connectivity index (χ1) is 9.16. The van der Waals surface area contributed by atoms with Crippen molar-refractivity contribution < 1.29 is 4.79 Å². The number of fused-ring (bicyclic) bond motifs is 1. The summed E-state index contributed by atoms with van der Waals surface area (Å²) in [7, 11) is 3.63. The van der Waals surface area contributed by atoms with Crippen LogP contribution in [0.1, 0.15) is 6.42 Å². The predicted octanol–water partition coefficient (Wildman–Crippen LogP) is 1.61. The van der Waals surface area contributed by atoms with Crippen LogP contribution < -0.4 is 4.90 Å². The maximum Gasteiger partial charge on any atom is 0.227 e. The Kier molecular flexibility index (Phi) is 3.10. The molecule has 3 heterocycles. The number of anilines is 1. The minimum Gasteiger partial charge on any atom is -0.355 e. The van der Waals surface area contributed by atoms with E-state index < -0.39 is 0 Å². The van der Waals surface area contributed by atoms with Crippen molar-refractivity contribution in [1.29, 1.82) is 0 Å². The highest BCUT2D eigenvalue weighted by molar-refractivity contribution is 7.17. The third-order valence-corrected chi connectivity index (χ3v) is 4.40. The monoisotopic (exact) mass is 276 g/mol. The molecule has 5 nitrogen and oxygen atoms in total. The smallest absolute Gasteiger partial charge is 0.227 e. The summed E-state index contributed by atoms with van der Waals surface area (Å²) < 4.78 is 1.11. The van der Waals surface area contributed by atoms with Crippen molar-refractivity contribution in [3.63, 3.8) is 0 Å². The third kappa shape index (κ3) is 2.16. The van der Waals surface area contributed by atoms with E-state index in [9.17, 15) is 4.79 Å². The summed E-state index contributed by atoms with van der Waals surface area (Å²) in [6, 6.07) is 2.00. The average Bonchev–Trinajstić information content (AvgIpc) is 3.06. The number of rotatable bonds is 2. The fraction of sp³-hybridized carbons (Fsp3) is 0.462. The minimum absolute atomic E-state index is 0.0833. The summed E-state index contributed by atoms with van der Waals surface area (Å²) in [5.41, 5.74) is 0.984. The molecule has 1 atom stereocenters. The van der Waals surface area contributed by atoms with Gasteiger partial charge in [0.05, 0.1) is 16.1 Å². The first-order valence-electron chi connectivity index (χ1n) is 6.31. The Hall–Kier alpha value is -1.69. The highest BCUT2D eigenvalue weighted by Crippen LogP contribution is 2.31. The molecule has 1 unspecified atom stereocenters. The first-order valence-corrected chi connectivity index (χ1v) is 7.19. The number of hydrogen-bond acceptors (Lipinski definition) is 5. The van der Waals surface area contributed by atoms with E-state index in [0.717, 1.165) is 35.5 Å². The summed E-state index contributed by atoms with van der Waals surface area (Å²) in [6.45, 7) is 1.63. The van der Waals surface area contributed by atoms with Crippen molar-refractivity contribution in [3.8, 4) is 0 Å². The van der Waals surface area contributed by atoms with Gasteiger partial charge in [-0.2, -0.15) is 0 Å². The molecule has 2 aromatic heterocycles. The summed E-state index contributed by atoms with van der Waals surface area (Å²) >= 11 is 1.65. The largest absolute Gasteiger partial charge is 0.355 e. The number of amides is 1. The van der Waals surface area contributed by atoms with E-state index >= 15 is 0 Å². The van der Waals surface area contributed by atoms with Crippen LogP contribution in [0.2, 0.25) is 0 Å². The van der Waals surface area contributed by atoms with Crippen LogP contribution in [0.25, 0.3) is 10.2 Å². The van der Waals surface area contributed by atoms with E-state index in [-0.39, 0.29) is 11.8 Å². The number of hydrogen-bond donors (Lipinski definition) is 0. The Morgan fingerprint density at radius 3 is 3.11 bits per heavy atom. The third-order valence-electron chi connectivity index (χ3n) is 3.50. The lowest BCUT2D eigenvalue weighted by molar-refractivity contribution is -0.132. The Morgan fingerprint density at radius 1 is 1.47 bits per heavy atom. The minimum atomic E-state index is 0.0833. The van der Waals surface area contributed by atoms with Gasteiger partial charge < -0.3 is 9.80 Å². The molecule has 1 amide bonds. The highest BCUT2D eigenvalue weighted by Gasteiger charge is 2.30. The lowest BCUT2D eigenvalue weighted by Crippen LogP contribution is -2.32. The molecular formula is C13H16N4OS. The van der Waals surface area contributed by atoms with E-state index in [1.807, 2.05) is 25.5 Å². The molecule has 0 spiro atoms. The van der Waals surface area contributed by atoms with Crippen molar-refractivity contribution in [1.82, 2.24) is 14.9 Å². The molecule has 1 aliphatic heterocycles. The number of aromatic nitrogens is 2. The van der Waals surface area contributed by atoms with Gasteiger partial charge in [-0.3, -0.25) is 4.79 Å². The van der Waals surface area contributed by atoms with E-state index in [1.54, 1.807) is 22.6 Å². The fourth-order valence-corrected chi connectivity index (χ4v) is 3.38. The summed E-state index contributed by atoms with van der Waals surface area (Å²) in [4.78, 5) is 24.5. The van der Waals surface area contributed by atoms with E-state index in [0.29, 0.717) is 0 Å². The van der Waals surface area contributed by atoms with Crippen molar-refractivity contribution in [2.45, 2.75) is 6.42 Å². The van der Waals surface area contributed by atoms with Gasteiger partial charge in [-0.15, -0.1) is 11.3 Å². The SMILES string of the molecule is CN(C)C(=O)C1CCN(c2ncnc3ccsc23)C1. The molecule has 2 aromatic rings. The van der Waals surface area contributed by atoms with Crippen LogP contribution in [0.15, 0.2) is 17.8 Å². The molecule has 0 N–H and O–H groups in total. The molecule has 100 valence electrons. The summed E-state index contributed by atoms with van der Waals surface area (Å²) in [6.07, 6.45) is 2.50. The molecule has 0 saturated carbocycles. The van der Waals surface area contributed by atoms with E-state index in [4.69, 9.17) is 0 Å². The molecule has 1 aliphatic rings. The molecule has 19 heavy (non-hydrogen) atoms. The standard InChI is InChI=1S/C13H16N4OS/c1-16(2)13(18)9-3-5-17(7-9)12-11-10(4-6-19-11)14-8-15-12/h4,6,8-9H,3,5,7H2,1-2H3. The second-order valence-electron chi connectivity index (χ2n) is 5.00. The molecule has 3 rings (SSSR count). The van der Waals surface area contributed by atoms with Crippen molar-refractivity contribution in [2.75, 3.05) is 32.1 Å². The second kappa shape index (κ2) is 4.77. The van der Waals surface area contributed by atoms with Crippen LogP contribution in [0.4, 0.5) is 5.82 Å². The molecule has 0 bridgehead atoms. The number of thiophene rings is 1. The predicted molar refractivity (Wildman–Crippen MR) is 76.4 cm³/mol. The second-order valence-corrected chi connectivity index (χ2v) is 5.91. The van der Waals surface area contributed by atoms with Gasteiger partial charge >= 0.3 is 0 Å². The normalized spacial score (nSPS) is 19.1. The molecule has 0 aromatic carbocycles. The van der Waals surface area contributed by atoms with Crippen LogP contribution in [0.3, 0.4) is 0 Å². The Balaban J connectivity index is 1.85. The van der Waals surface area contributed by atoms with Gasteiger partial charge in [0.15, 0.2) is 0 Å². The van der Waals surface area contributed by atoms with Crippen LogP contribution in [-0.2, 0) is 4.79 Å². The van der Waals surface area contributed by atoms with Crippen LogP contribution in [0, 0.1) is 5.92 Å². The zero-order valence-corrected chi connectivity index (χ0v) is 11.9. The zero-order chi connectivity index (χ0) is 13.4. The van der Waals surface area contributed by atoms with Crippen molar-refractivity contribution in [2.24, 2.45) is 5.92 Å². The maximum absolute atomic E-state index is 12.0. The van der Waals surface area contributed by atoms with Crippen LogP contribution >= 0.6 is 11.3 Å². The topological polar surface area (TPSA) is 49.3 Å². The van der Waals surface area contributed by atoms with Crippen LogP contribution in [-0.4, -0.2) is 48.0 Å². The zero-order valence-electron chi connectivity index (χ0n) is 11.0. The lowest BCUT2D eigenvalue weighted by atomic mass is 10.1. The van der Waals surface area contributed by atoms with Gasteiger partial charge in [0.1, 0.15) is 12.1 Å². The quantitative estimate of drug-likeness (QED) is 0.836. The number of nitrogens with zero attached hydrogens (tertiary/aromatic N) is 4. The maximum atomic E-state index is 12.0. The molecule has 1 saturated heterocycles. The van der Waals surface area contributed by atoms with Gasteiger partial charge in [-0.05, 0) is 17.9 Å². The van der Waals surface area contributed by atoms with Crippen LogP contribution in [0.5, 0.6) is 0 Å². The van der Waals surface area contributed by atoms with Crippen molar-refractivity contribution >= 4 is 33.3 Å². The molecular weight excluding hydrogens is 260 g/mol. The highest BCUT2D eigenvalue weighted by atomic mass is 32.1. The Bertz CT molecular complexity index is 609. The Morgan fingerprint density at radius 2 is 2.32 bits per heavy atom. The molecule has 1 fully saturated rings.